The quantitative estimate of drug-likeness (QED) is 0.850. The number of hydrogen-bond acceptors (Lipinski definition) is 2. The van der Waals surface area contributed by atoms with Crippen LogP contribution in [0, 0.1) is 0 Å². The molecule has 0 aliphatic heterocycles. The van der Waals surface area contributed by atoms with E-state index >= 15 is 0 Å². The topological polar surface area (TPSA) is 42.2 Å². The lowest BCUT2D eigenvalue weighted by Crippen LogP contribution is -2.23. The van der Waals surface area contributed by atoms with Crippen molar-refractivity contribution >= 4 is 0 Å². The summed E-state index contributed by atoms with van der Waals surface area (Å²) in [5.74, 6) is 0.722. The summed E-state index contributed by atoms with van der Waals surface area (Å²) in [6.07, 6.45) is 2.91. The first kappa shape index (κ1) is 12.0. The summed E-state index contributed by atoms with van der Waals surface area (Å²) in [5.41, 5.74) is 3.67. The Morgan fingerprint density at radius 1 is 1.21 bits per heavy atom. The van der Waals surface area contributed by atoms with Crippen LogP contribution in [0.5, 0.6) is 5.75 Å². The summed E-state index contributed by atoms with van der Waals surface area (Å²) in [6.45, 7) is 0. The number of benzene rings is 1. The summed E-state index contributed by atoms with van der Waals surface area (Å²) < 4.78 is 1.75. The highest BCUT2D eigenvalue weighted by Crippen LogP contribution is 2.33. The van der Waals surface area contributed by atoms with Crippen molar-refractivity contribution in [3.8, 4) is 5.75 Å². The SMILES string of the molecule is Cn1c([C@H]2CCc3cc(O)ccc3C2)cccc1=O. The van der Waals surface area contributed by atoms with Gasteiger partial charge >= 0.3 is 0 Å². The maximum Gasteiger partial charge on any atom is 0.250 e. The summed E-state index contributed by atoms with van der Waals surface area (Å²) in [4.78, 5) is 11.7. The third-order valence-electron chi connectivity index (χ3n) is 4.06. The lowest BCUT2D eigenvalue weighted by atomic mass is 9.82. The number of aromatic hydroxyl groups is 1. The Kier molecular flexibility index (Phi) is 2.90. The minimum atomic E-state index is 0.0500. The van der Waals surface area contributed by atoms with Gasteiger partial charge < -0.3 is 9.67 Å². The molecule has 3 nitrogen and oxygen atoms in total. The molecule has 1 atom stereocenters. The van der Waals surface area contributed by atoms with Gasteiger partial charge in [0, 0.05) is 24.7 Å². The summed E-state index contributed by atoms with van der Waals surface area (Å²) >= 11 is 0. The van der Waals surface area contributed by atoms with Crippen LogP contribution in [0.2, 0.25) is 0 Å². The van der Waals surface area contributed by atoms with E-state index in [2.05, 4.69) is 0 Å². The molecule has 1 aliphatic rings. The molecule has 1 aliphatic carbocycles. The van der Waals surface area contributed by atoms with Crippen LogP contribution >= 0.6 is 0 Å². The van der Waals surface area contributed by atoms with Crippen molar-refractivity contribution in [2.45, 2.75) is 25.2 Å². The molecule has 0 fully saturated rings. The van der Waals surface area contributed by atoms with Gasteiger partial charge in [-0.15, -0.1) is 0 Å². The Bertz CT molecular complexity index is 673. The van der Waals surface area contributed by atoms with Gasteiger partial charge in [0.15, 0.2) is 0 Å². The Morgan fingerprint density at radius 3 is 2.89 bits per heavy atom. The molecule has 1 aromatic heterocycles. The van der Waals surface area contributed by atoms with Crippen LogP contribution in [0.25, 0.3) is 0 Å². The minimum Gasteiger partial charge on any atom is -0.508 e. The van der Waals surface area contributed by atoms with Crippen LogP contribution in [0.3, 0.4) is 0 Å². The van der Waals surface area contributed by atoms with Crippen molar-refractivity contribution in [1.29, 1.82) is 0 Å². The molecule has 3 rings (SSSR count). The van der Waals surface area contributed by atoms with Gasteiger partial charge in [0.05, 0.1) is 0 Å². The molecule has 3 heteroatoms. The first-order chi connectivity index (χ1) is 9.15. The van der Waals surface area contributed by atoms with Crippen molar-refractivity contribution in [1.82, 2.24) is 4.57 Å². The second-order valence-electron chi connectivity index (χ2n) is 5.24. The number of aryl methyl sites for hydroxylation is 1. The number of hydrogen-bond donors (Lipinski definition) is 1. The van der Waals surface area contributed by atoms with E-state index in [1.54, 1.807) is 16.7 Å². The van der Waals surface area contributed by atoms with Crippen molar-refractivity contribution in [2.75, 3.05) is 0 Å². The van der Waals surface area contributed by atoms with Crippen LogP contribution < -0.4 is 5.56 Å². The molecule has 0 saturated heterocycles. The van der Waals surface area contributed by atoms with Crippen LogP contribution in [0.15, 0.2) is 41.2 Å². The maximum atomic E-state index is 11.7. The summed E-state index contributed by atoms with van der Waals surface area (Å²) in [6, 6.07) is 11.1. The van der Waals surface area contributed by atoms with Crippen LogP contribution in [-0.2, 0) is 19.9 Å². The number of fused-ring (bicyclic) bond motifs is 1. The van der Waals surface area contributed by atoms with Crippen molar-refractivity contribution < 1.29 is 5.11 Å². The molecule has 1 aromatic carbocycles. The average molecular weight is 255 g/mol. The third kappa shape index (κ3) is 2.16. The lowest BCUT2D eigenvalue weighted by Gasteiger charge is -2.26. The fourth-order valence-electron chi connectivity index (χ4n) is 2.98. The predicted molar refractivity (Wildman–Crippen MR) is 74.6 cm³/mol. The lowest BCUT2D eigenvalue weighted by molar-refractivity contribution is 0.471. The van der Waals surface area contributed by atoms with E-state index in [0.29, 0.717) is 11.7 Å². The fourth-order valence-corrected chi connectivity index (χ4v) is 2.98. The zero-order chi connectivity index (χ0) is 13.4. The van der Waals surface area contributed by atoms with E-state index in [0.717, 1.165) is 25.0 Å². The average Bonchev–Trinajstić information content (AvgIpc) is 2.41. The molecule has 1 heterocycles. The van der Waals surface area contributed by atoms with Gasteiger partial charge in [0.25, 0.3) is 0 Å². The summed E-state index contributed by atoms with van der Waals surface area (Å²) in [7, 11) is 1.84. The van der Waals surface area contributed by atoms with Gasteiger partial charge in [0.2, 0.25) is 5.56 Å². The zero-order valence-electron chi connectivity index (χ0n) is 11.0. The molecule has 2 aromatic rings. The molecule has 0 radical (unpaired) electrons. The molecule has 0 bridgehead atoms. The first-order valence-electron chi connectivity index (χ1n) is 6.62. The third-order valence-corrected chi connectivity index (χ3v) is 4.06. The Labute approximate surface area is 112 Å². The van der Waals surface area contributed by atoms with Gasteiger partial charge in [-0.2, -0.15) is 0 Å². The molecule has 0 spiro atoms. The van der Waals surface area contributed by atoms with Crippen molar-refractivity contribution in [2.24, 2.45) is 7.05 Å². The van der Waals surface area contributed by atoms with Crippen LogP contribution in [-0.4, -0.2) is 9.67 Å². The second-order valence-corrected chi connectivity index (χ2v) is 5.24. The van der Waals surface area contributed by atoms with Gasteiger partial charge in [-0.25, -0.2) is 0 Å². The highest BCUT2D eigenvalue weighted by Gasteiger charge is 2.22. The second kappa shape index (κ2) is 4.57. The van der Waals surface area contributed by atoms with Gasteiger partial charge in [-0.3, -0.25) is 4.79 Å². The van der Waals surface area contributed by atoms with E-state index in [9.17, 15) is 9.90 Å². The highest BCUT2D eigenvalue weighted by molar-refractivity contribution is 5.38. The van der Waals surface area contributed by atoms with Crippen LogP contribution in [0.4, 0.5) is 0 Å². The predicted octanol–water partition coefficient (Wildman–Crippen LogP) is 2.36. The molecule has 0 unspecified atom stereocenters. The zero-order valence-corrected chi connectivity index (χ0v) is 11.0. The van der Waals surface area contributed by atoms with E-state index in [4.69, 9.17) is 0 Å². The standard InChI is InChI=1S/C16H17NO2/c1-17-15(3-2-4-16(17)19)13-6-5-12-10-14(18)8-7-11(12)9-13/h2-4,7-8,10,13,18H,5-6,9H2,1H3/t13-/m0/s1. The first-order valence-corrected chi connectivity index (χ1v) is 6.62. The van der Waals surface area contributed by atoms with E-state index < -0.39 is 0 Å². The molecular formula is C16H17NO2. The van der Waals surface area contributed by atoms with Gasteiger partial charge in [0.1, 0.15) is 5.75 Å². The van der Waals surface area contributed by atoms with Gasteiger partial charge in [-0.05, 0) is 48.6 Å². The normalized spacial score (nSPS) is 18.1. The molecule has 19 heavy (non-hydrogen) atoms. The Hall–Kier alpha value is -2.03. The largest absolute Gasteiger partial charge is 0.508 e. The van der Waals surface area contributed by atoms with E-state index in [-0.39, 0.29) is 5.56 Å². The maximum absolute atomic E-state index is 11.7. The Balaban J connectivity index is 1.96. The molecule has 0 saturated carbocycles. The monoisotopic (exact) mass is 255 g/mol. The number of nitrogens with zero attached hydrogens (tertiary/aromatic N) is 1. The van der Waals surface area contributed by atoms with Crippen molar-refractivity contribution in [3.05, 3.63) is 63.6 Å². The van der Waals surface area contributed by atoms with Crippen LogP contribution in [0.1, 0.15) is 29.2 Å². The molecule has 0 amide bonds. The number of phenolic OH excluding ortho intramolecular Hbond substituents is 1. The number of pyridine rings is 1. The molecule has 98 valence electrons. The minimum absolute atomic E-state index is 0.0500. The number of rotatable bonds is 1. The van der Waals surface area contributed by atoms with E-state index in [1.807, 2.05) is 31.3 Å². The van der Waals surface area contributed by atoms with Crippen molar-refractivity contribution in [3.63, 3.8) is 0 Å². The smallest absolute Gasteiger partial charge is 0.250 e. The number of aromatic nitrogens is 1. The highest BCUT2D eigenvalue weighted by atomic mass is 16.3. The van der Waals surface area contributed by atoms with Gasteiger partial charge in [-0.1, -0.05) is 12.1 Å². The number of phenols is 1. The fraction of sp³-hybridized carbons (Fsp3) is 0.312. The van der Waals surface area contributed by atoms with E-state index in [1.165, 1.54) is 11.1 Å². The molecule has 1 N–H and O–H groups in total. The molecular weight excluding hydrogens is 238 g/mol. The Morgan fingerprint density at radius 2 is 2.05 bits per heavy atom. The summed E-state index contributed by atoms with van der Waals surface area (Å²) in [5, 5.41) is 9.51.